The number of H-pyrrole nitrogens is 1. The van der Waals surface area contributed by atoms with E-state index in [2.05, 4.69) is 30.7 Å². The SMILES string of the molecule is [C-]#[N+]C1=C(C=O)Nc2[nH]ncc2C1c1cccc2nonc12. The molecule has 1 aliphatic heterocycles. The molecule has 1 atom stereocenters. The maximum atomic E-state index is 11.3. The molecule has 2 aromatic heterocycles. The predicted octanol–water partition coefficient (Wildman–Crippen LogP) is 1.83. The number of nitrogens with one attached hydrogen (secondary N) is 2. The monoisotopic (exact) mass is 292 g/mol. The fraction of sp³-hybridized carbons (Fsp3) is 0.0714. The summed E-state index contributed by atoms with van der Waals surface area (Å²) in [6, 6.07) is 5.42. The number of fused-ring (bicyclic) bond motifs is 2. The number of carbonyl (C=O) groups is 1. The van der Waals surface area contributed by atoms with E-state index in [1.165, 1.54) is 0 Å². The van der Waals surface area contributed by atoms with Crippen LogP contribution >= 0.6 is 0 Å². The maximum Gasteiger partial charge on any atom is 0.203 e. The highest BCUT2D eigenvalue weighted by Crippen LogP contribution is 2.42. The highest BCUT2D eigenvalue weighted by molar-refractivity contribution is 5.86. The summed E-state index contributed by atoms with van der Waals surface area (Å²) in [5, 5.41) is 17.4. The number of allylic oxidation sites excluding steroid dienone is 2. The second-order valence-corrected chi connectivity index (χ2v) is 4.77. The van der Waals surface area contributed by atoms with E-state index in [1.54, 1.807) is 12.3 Å². The molecule has 3 heterocycles. The topological polar surface area (TPSA) is 101 Å². The number of hydrogen-bond acceptors (Lipinski definition) is 6. The van der Waals surface area contributed by atoms with Crippen molar-refractivity contribution in [2.24, 2.45) is 0 Å². The molecule has 1 aliphatic rings. The largest absolute Gasteiger partial charge is 0.347 e. The van der Waals surface area contributed by atoms with Crippen LogP contribution in [0.5, 0.6) is 0 Å². The van der Waals surface area contributed by atoms with E-state index in [-0.39, 0.29) is 5.70 Å². The van der Waals surface area contributed by atoms with Gasteiger partial charge < -0.3 is 5.32 Å². The van der Waals surface area contributed by atoms with Gasteiger partial charge in [-0.25, -0.2) is 9.47 Å². The Bertz CT molecular complexity index is 961. The Labute approximate surface area is 123 Å². The smallest absolute Gasteiger partial charge is 0.203 e. The number of aromatic amines is 1. The molecule has 22 heavy (non-hydrogen) atoms. The molecule has 0 saturated heterocycles. The predicted molar refractivity (Wildman–Crippen MR) is 75.5 cm³/mol. The van der Waals surface area contributed by atoms with Crippen molar-refractivity contribution in [2.75, 3.05) is 5.32 Å². The number of anilines is 1. The minimum atomic E-state index is -0.455. The van der Waals surface area contributed by atoms with Crippen LogP contribution in [0, 0.1) is 6.57 Å². The lowest BCUT2D eigenvalue weighted by Gasteiger charge is -2.23. The summed E-state index contributed by atoms with van der Waals surface area (Å²) in [6.07, 6.45) is 2.26. The maximum absolute atomic E-state index is 11.3. The zero-order valence-corrected chi connectivity index (χ0v) is 11.1. The lowest BCUT2D eigenvalue weighted by molar-refractivity contribution is -0.104. The van der Waals surface area contributed by atoms with Crippen LogP contribution in [-0.2, 0) is 4.79 Å². The number of nitrogens with zero attached hydrogens (tertiary/aromatic N) is 4. The van der Waals surface area contributed by atoms with E-state index in [0.717, 1.165) is 11.1 Å². The van der Waals surface area contributed by atoms with Gasteiger partial charge in [0.25, 0.3) is 0 Å². The Hall–Kier alpha value is -3.47. The average Bonchev–Trinajstić information content (AvgIpc) is 3.20. The van der Waals surface area contributed by atoms with Gasteiger partial charge >= 0.3 is 0 Å². The molecule has 0 saturated carbocycles. The van der Waals surface area contributed by atoms with Crippen LogP contribution in [0.1, 0.15) is 17.0 Å². The van der Waals surface area contributed by atoms with Gasteiger partial charge in [-0.1, -0.05) is 12.1 Å². The van der Waals surface area contributed by atoms with Gasteiger partial charge in [0, 0.05) is 5.56 Å². The summed E-state index contributed by atoms with van der Waals surface area (Å²) in [5.74, 6) is 0.135. The van der Waals surface area contributed by atoms with Crippen LogP contribution in [0.3, 0.4) is 0 Å². The van der Waals surface area contributed by atoms with Crippen LogP contribution < -0.4 is 5.32 Å². The number of rotatable bonds is 2. The fourth-order valence-corrected chi connectivity index (χ4v) is 2.71. The molecule has 3 aromatic rings. The molecular weight excluding hydrogens is 284 g/mol. The van der Waals surface area contributed by atoms with Crippen molar-refractivity contribution in [1.29, 1.82) is 0 Å². The molecule has 0 aliphatic carbocycles. The quantitative estimate of drug-likeness (QED) is 0.552. The number of carbonyl (C=O) groups excluding carboxylic acids is 1. The van der Waals surface area contributed by atoms with Gasteiger partial charge in [-0.3, -0.25) is 9.89 Å². The van der Waals surface area contributed by atoms with Gasteiger partial charge in [0.15, 0.2) is 6.29 Å². The second-order valence-electron chi connectivity index (χ2n) is 4.77. The van der Waals surface area contributed by atoms with E-state index in [4.69, 9.17) is 11.2 Å². The van der Waals surface area contributed by atoms with Crippen molar-refractivity contribution in [3.63, 3.8) is 0 Å². The minimum absolute atomic E-state index is 0.213. The molecule has 0 amide bonds. The van der Waals surface area contributed by atoms with Gasteiger partial charge in [-0.15, -0.1) is 0 Å². The molecule has 1 unspecified atom stereocenters. The van der Waals surface area contributed by atoms with E-state index < -0.39 is 5.92 Å². The van der Waals surface area contributed by atoms with Crippen molar-refractivity contribution in [3.8, 4) is 0 Å². The van der Waals surface area contributed by atoms with Gasteiger partial charge in [0.2, 0.25) is 5.70 Å². The van der Waals surface area contributed by atoms with E-state index in [0.29, 0.717) is 28.8 Å². The molecule has 0 spiro atoms. The summed E-state index contributed by atoms with van der Waals surface area (Å²) in [4.78, 5) is 14.8. The normalized spacial score (nSPS) is 17.0. The Balaban J connectivity index is 2.04. The first kappa shape index (κ1) is 12.3. The third-order valence-corrected chi connectivity index (χ3v) is 3.66. The molecule has 106 valence electrons. The molecule has 0 bridgehead atoms. The van der Waals surface area contributed by atoms with Crippen molar-refractivity contribution in [1.82, 2.24) is 20.5 Å². The van der Waals surface area contributed by atoms with Crippen LogP contribution in [0.2, 0.25) is 0 Å². The third-order valence-electron chi connectivity index (χ3n) is 3.66. The van der Waals surface area contributed by atoms with E-state index >= 15 is 0 Å². The minimum Gasteiger partial charge on any atom is -0.347 e. The molecule has 0 radical (unpaired) electrons. The second kappa shape index (κ2) is 4.53. The number of hydrogen-bond donors (Lipinski definition) is 2. The molecule has 0 fully saturated rings. The lowest BCUT2D eigenvalue weighted by Crippen LogP contribution is -2.18. The van der Waals surface area contributed by atoms with Crippen LogP contribution in [0.25, 0.3) is 15.9 Å². The third kappa shape index (κ3) is 1.56. The Morgan fingerprint density at radius 3 is 3.05 bits per heavy atom. The summed E-state index contributed by atoms with van der Waals surface area (Å²) < 4.78 is 4.79. The van der Waals surface area contributed by atoms with Crippen molar-refractivity contribution < 1.29 is 9.42 Å². The highest BCUT2D eigenvalue weighted by atomic mass is 16.6. The Morgan fingerprint density at radius 2 is 2.23 bits per heavy atom. The van der Waals surface area contributed by atoms with Gasteiger partial charge in [0.1, 0.15) is 16.9 Å². The molecular formula is C14H8N6O2. The van der Waals surface area contributed by atoms with Crippen LogP contribution in [0.15, 0.2) is 40.4 Å². The van der Waals surface area contributed by atoms with E-state index in [9.17, 15) is 4.79 Å². The van der Waals surface area contributed by atoms with E-state index in [1.807, 2.05) is 12.1 Å². The Morgan fingerprint density at radius 1 is 1.32 bits per heavy atom. The van der Waals surface area contributed by atoms with Crippen molar-refractivity contribution >= 4 is 23.1 Å². The van der Waals surface area contributed by atoms with Crippen LogP contribution in [0.4, 0.5) is 5.82 Å². The first-order valence-electron chi connectivity index (χ1n) is 6.41. The molecule has 1 aromatic carbocycles. The summed E-state index contributed by atoms with van der Waals surface area (Å²) in [7, 11) is 0. The van der Waals surface area contributed by atoms with Crippen molar-refractivity contribution in [3.05, 3.63) is 58.3 Å². The molecule has 8 nitrogen and oxygen atoms in total. The first-order valence-corrected chi connectivity index (χ1v) is 6.41. The summed E-state index contributed by atoms with van der Waals surface area (Å²) >= 11 is 0. The highest BCUT2D eigenvalue weighted by Gasteiger charge is 2.33. The number of benzene rings is 1. The standard InChI is InChI=1S/C14H8N6O2/c1-15-13-10(6-21)17-14-8(5-16-18-14)11(13)7-3-2-4-9-12(7)20-22-19-9/h2-6,11H,(H2,16,17,18). The fourth-order valence-electron chi connectivity index (χ4n) is 2.71. The number of aromatic nitrogens is 4. The zero-order valence-electron chi connectivity index (χ0n) is 11.1. The first-order chi connectivity index (χ1) is 10.8. The molecule has 4 rings (SSSR count). The molecule has 8 heteroatoms. The zero-order chi connectivity index (χ0) is 15.1. The summed E-state index contributed by atoms with van der Waals surface area (Å²) in [6.45, 7) is 7.45. The average molecular weight is 292 g/mol. The van der Waals surface area contributed by atoms with Gasteiger partial charge in [-0.2, -0.15) is 5.10 Å². The Kier molecular flexibility index (Phi) is 2.53. The lowest BCUT2D eigenvalue weighted by atomic mass is 9.86. The number of aldehydes is 1. The van der Waals surface area contributed by atoms with Gasteiger partial charge in [-0.05, 0) is 21.9 Å². The van der Waals surface area contributed by atoms with Crippen molar-refractivity contribution in [2.45, 2.75) is 5.92 Å². The summed E-state index contributed by atoms with van der Waals surface area (Å²) in [5.41, 5.74) is 3.18. The van der Waals surface area contributed by atoms with Gasteiger partial charge in [0.05, 0.1) is 24.4 Å². The molecule has 2 N–H and O–H groups in total. The van der Waals surface area contributed by atoms with Crippen LogP contribution in [-0.4, -0.2) is 26.8 Å².